The summed E-state index contributed by atoms with van der Waals surface area (Å²) in [6, 6.07) is 23.9. The number of carbonyl (C=O) groups excluding carboxylic acids is 1. The molecule has 0 spiro atoms. The van der Waals surface area contributed by atoms with Gasteiger partial charge in [-0.2, -0.15) is 0 Å². The summed E-state index contributed by atoms with van der Waals surface area (Å²) in [5.41, 5.74) is 2.82. The van der Waals surface area contributed by atoms with Gasteiger partial charge in [0.15, 0.2) is 16.7 Å². The summed E-state index contributed by atoms with van der Waals surface area (Å²) < 4.78 is 13.0. The third kappa shape index (κ3) is 6.76. The minimum Gasteiger partial charge on any atom is -0.490 e. The number of nitrogens with zero attached hydrogens (tertiary/aromatic N) is 2. The molecule has 1 heterocycles. The highest BCUT2D eigenvalue weighted by atomic mass is 79.9. The van der Waals surface area contributed by atoms with Crippen LogP contribution < -0.4 is 9.47 Å². The van der Waals surface area contributed by atoms with Crippen molar-refractivity contribution in [2.75, 3.05) is 6.61 Å². The first-order valence-corrected chi connectivity index (χ1v) is 15.1. The third-order valence-electron chi connectivity index (χ3n) is 7.09. The second-order valence-corrected chi connectivity index (χ2v) is 11.8. The van der Waals surface area contributed by atoms with Crippen LogP contribution in [0.3, 0.4) is 0 Å². The van der Waals surface area contributed by atoms with Crippen LogP contribution in [-0.4, -0.2) is 28.6 Å². The van der Waals surface area contributed by atoms with Crippen LogP contribution >= 0.6 is 27.7 Å². The van der Waals surface area contributed by atoms with Gasteiger partial charge in [-0.25, -0.2) is 4.99 Å². The minimum absolute atomic E-state index is 0.0296. The molecule has 2 aliphatic rings. The number of rotatable bonds is 8. The predicted molar refractivity (Wildman–Crippen MR) is 163 cm³/mol. The minimum atomic E-state index is 0.0296. The van der Waals surface area contributed by atoms with Crippen LogP contribution in [0.2, 0.25) is 0 Å². The van der Waals surface area contributed by atoms with Crippen molar-refractivity contribution in [2.45, 2.75) is 52.2 Å². The smallest absolute Gasteiger partial charge is 0.267 e. The van der Waals surface area contributed by atoms with Crippen LogP contribution in [0.5, 0.6) is 11.5 Å². The van der Waals surface area contributed by atoms with Crippen molar-refractivity contribution < 1.29 is 14.3 Å². The quantitative estimate of drug-likeness (QED) is 0.241. The van der Waals surface area contributed by atoms with Crippen molar-refractivity contribution in [2.24, 2.45) is 10.9 Å². The molecule has 3 aromatic carbocycles. The largest absolute Gasteiger partial charge is 0.490 e. The van der Waals surface area contributed by atoms with Crippen LogP contribution in [0.15, 0.2) is 87.2 Å². The van der Waals surface area contributed by atoms with Gasteiger partial charge < -0.3 is 9.47 Å². The Hall–Kier alpha value is -3.03. The lowest BCUT2D eigenvalue weighted by molar-refractivity contribution is -0.124. The molecular formula is C32H33BrN2O3S. The van der Waals surface area contributed by atoms with Gasteiger partial charge in [-0.1, -0.05) is 72.1 Å². The monoisotopic (exact) mass is 604 g/mol. The van der Waals surface area contributed by atoms with Gasteiger partial charge in [-0.05, 0) is 91.0 Å². The maximum atomic E-state index is 13.8. The average Bonchev–Trinajstić information content (AvgIpc) is 3.24. The van der Waals surface area contributed by atoms with Crippen molar-refractivity contribution in [1.29, 1.82) is 0 Å². The van der Waals surface area contributed by atoms with E-state index in [1.165, 1.54) is 18.2 Å². The third-order valence-corrected chi connectivity index (χ3v) is 8.60. The van der Waals surface area contributed by atoms with Crippen molar-refractivity contribution in [3.05, 3.63) is 93.3 Å². The fourth-order valence-electron chi connectivity index (χ4n) is 5.05. The molecule has 1 saturated carbocycles. The fraction of sp³-hybridized carbons (Fsp3) is 0.312. The van der Waals surface area contributed by atoms with E-state index in [0.717, 1.165) is 45.7 Å². The standard InChI is InChI=1S/C32H33BrN2O3S/c1-3-37-29-19-24(15-18-28(29)38-21-23-13-16-25(33)17-14-23)20-30-31(36)35(27-12-8-7-9-22(27)2)32(39-30)34-26-10-5-4-6-11-26/h4-6,10-11,13-20,22,27H,3,7-9,12,21H2,1-2H3/b30-20-,34-32?/t22-,27+/m0/s1. The Morgan fingerprint density at radius 3 is 2.51 bits per heavy atom. The van der Waals surface area contributed by atoms with Gasteiger partial charge in [0.25, 0.3) is 5.91 Å². The molecule has 1 saturated heterocycles. The Morgan fingerprint density at radius 1 is 1.00 bits per heavy atom. The van der Waals surface area contributed by atoms with Crippen molar-refractivity contribution >= 4 is 50.5 Å². The molecule has 2 atom stereocenters. The second kappa shape index (κ2) is 12.9. The van der Waals surface area contributed by atoms with E-state index in [0.29, 0.717) is 35.5 Å². The number of para-hydroxylation sites is 1. The van der Waals surface area contributed by atoms with E-state index >= 15 is 0 Å². The zero-order valence-corrected chi connectivity index (χ0v) is 24.7. The fourth-order valence-corrected chi connectivity index (χ4v) is 6.35. The summed E-state index contributed by atoms with van der Waals surface area (Å²) in [5, 5.41) is 0.760. The zero-order chi connectivity index (χ0) is 27.2. The summed E-state index contributed by atoms with van der Waals surface area (Å²) in [6.45, 7) is 5.17. The molecule has 1 aliphatic carbocycles. The average molecular weight is 606 g/mol. The number of thioether (sulfide) groups is 1. The van der Waals surface area contributed by atoms with Crippen molar-refractivity contribution in [1.82, 2.24) is 4.90 Å². The Morgan fingerprint density at radius 2 is 1.77 bits per heavy atom. The summed E-state index contributed by atoms with van der Waals surface area (Å²) in [5.74, 6) is 1.81. The van der Waals surface area contributed by atoms with E-state index in [1.807, 2.05) is 90.7 Å². The molecule has 0 N–H and O–H groups in total. The van der Waals surface area contributed by atoms with Gasteiger partial charge in [0.2, 0.25) is 0 Å². The van der Waals surface area contributed by atoms with Crippen LogP contribution in [0.4, 0.5) is 5.69 Å². The lowest BCUT2D eigenvalue weighted by Crippen LogP contribution is -2.44. The number of hydrogen-bond acceptors (Lipinski definition) is 5. The van der Waals surface area contributed by atoms with Gasteiger partial charge in [-0.15, -0.1) is 0 Å². The Labute approximate surface area is 243 Å². The molecule has 7 heteroatoms. The second-order valence-electron chi connectivity index (χ2n) is 9.90. The molecule has 202 valence electrons. The highest BCUT2D eigenvalue weighted by Crippen LogP contribution is 2.40. The first-order chi connectivity index (χ1) is 19.0. The molecule has 1 aliphatic heterocycles. The topological polar surface area (TPSA) is 51.1 Å². The predicted octanol–water partition coefficient (Wildman–Crippen LogP) is 8.61. The zero-order valence-electron chi connectivity index (χ0n) is 22.3. The lowest BCUT2D eigenvalue weighted by Gasteiger charge is -2.35. The summed E-state index contributed by atoms with van der Waals surface area (Å²) in [6.07, 6.45) is 6.45. The van der Waals surface area contributed by atoms with Crippen molar-refractivity contribution in [3.63, 3.8) is 0 Å². The summed E-state index contributed by atoms with van der Waals surface area (Å²) >= 11 is 4.92. The normalized spacial score (nSPS) is 21.5. The van der Waals surface area contributed by atoms with E-state index in [4.69, 9.17) is 14.5 Å². The number of halogens is 1. The van der Waals surface area contributed by atoms with Gasteiger partial charge in [0.1, 0.15) is 6.61 Å². The Bertz CT molecular complexity index is 1360. The number of carbonyl (C=O) groups is 1. The van der Waals surface area contributed by atoms with Gasteiger partial charge in [0.05, 0.1) is 17.2 Å². The molecule has 0 unspecified atom stereocenters. The molecule has 0 aromatic heterocycles. The Balaban J connectivity index is 1.42. The maximum absolute atomic E-state index is 13.8. The van der Waals surface area contributed by atoms with Crippen LogP contribution in [0, 0.1) is 5.92 Å². The first kappa shape index (κ1) is 27.5. The maximum Gasteiger partial charge on any atom is 0.267 e. The molecule has 3 aromatic rings. The van der Waals surface area contributed by atoms with Crippen LogP contribution in [-0.2, 0) is 11.4 Å². The van der Waals surface area contributed by atoms with E-state index in [-0.39, 0.29) is 11.9 Å². The summed E-state index contributed by atoms with van der Waals surface area (Å²) in [7, 11) is 0. The van der Waals surface area contributed by atoms with Gasteiger partial charge in [0, 0.05) is 10.5 Å². The van der Waals surface area contributed by atoms with Gasteiger partial charge in [-0.3, -0.25) is 9.69 Å². The van der Waals surface area contributed by atoms with E-state index in [1.54, 1.807) is 0 Å². The molecule has 5 nitrogen and oxygen atoms in total. The van der Waals surface area contributed by atoms with E-state index in [9.17, 15) is 4.79 Å². The van der Waals surface area contributed by atoms with Crippen molar-refractivity contribution in [3.8, 4) is 11.5 Å². The molecule has 0 radical (unpaired) electrons. The molecule has 39 heavy (non-hydrogen) atoms. The van der Waals surface area contributed by atoms with Crippen LogP contribution in [0.25, 0.3) is 6.08 Å². The number of aliphatic imine (C=N–C) groups is 1. The first-order valence-electron chi connectivity index (χ1n) is 13.5. The SMILES string of the molecule is CCOc1cc(/C=C2\SC(=Nc3ccccc3)N([C@@H]3CCCC[C@@H]3C)C2=O)ccc1OCc1ccc(Br)cc1. The number of benzene rings is 3. The lowest BCUT2D eigenvalue weighted by atomic mass is 9.85. The highest BCUT2D eigenvalue weighted by Gasteiger charge is 2.41. The van der Waals surface area contributed by atoms with E-state index < -0.39 is 0 Å². The molecule has 0 bridgehead atoms. The molecule has 1 amide bonds. The van der Waals surface area contributed by atoms with E-state index in [2.05, 4.69) is 22.9 Å². The van der Waals surface area contributed by atoms with Crippen LogP contribution in [0.1, 0.15) is 50.7 Å². The van der Waals surface area contributed by atoms with Gasteiger partial charge >= 0.3 is 0 Å². The number of hydrogen-bond donors (Lipinski definition) is 0. The Kier molecular flexibility index (Phi) is 9.09. The number of ether oxygens (including phenoxy) is 2. The molecular weight excluding hydrogens is 572 g/mol. The number of amidine groups is 1. The molecule has 5 rings (SSSR count). The summed E-state index contributed by atoms with van der Waals surface area (Å²) in [4.78, 5) is 21.3. The molecule has 2 fully saturated rings. The highest BCUT2D eigenvalue weighted by molar-refractivity contribution is 9.10. The number of amides is 1.